The van der Waals surface area contributed by atoms with Crippen LogP contribution in [0.5, 0.6) is 17.2 Å². The molecule has 2 aromatic carbocycles. The number of methoxy groups -OCH3 is 3. The minimum Gasteiger partial charge on any atom is -0.493 e. The van der Waals surface area contributed by atoms with Crippen molar-refractivity contribution in [1.82, 2.24) is 4.72 Å². The molecule has 1 amide bonds. The van der Waals surface area contributed by atoms with Gasteiger partial charge in [-0.05, 0) is 48.0 Å². The fourth-order valence-corrected chi connectivity index (χ4v) is 3.59. The highest BCUT2D eigenvalue weighted by Gasteiger charge is 2.13. The van der Waals surface area contributed by atoms with E-state index in [0.29, 0.717) is 35.0 Å². The number of ether oxygens (including phenoxy) is 3. The Morgan fingerprint density at radius 3 is 2.07 bits per heavy atom. The van der Waals surface area contributed by atoms with Crippen LogP contribution in [-0.2, 0) is 14.8 Å². The van der Waals surface area contributed by atoms with Crippen LogP contribution in [0.25, 0.3) is 6.08 Å². The lowest BCUT2D eigenvalue weighted by Crippen LogP contribution is -2.23. The van der Waals surface area contributed by atoms with Crippen molar-refractivity contribution in [3.05, 3.63) is 48.0 Å². The minimum absolute atomic E-state index is 0.130. The Morgan fingerprint density at radius 1 is 1.00 bits per heavy atom. The summed E-state index contributed by atoms with van der Waals surface area (Å²) in [5.74, 6) is 1.04. The van der Waals surface area contributed by atoms with E-state index >= 15 is 0 Å². The van der Waals surface area contributed by atoms with Gasteiger partial charge in [-0.1, -0.05) is 6.92 Å². The van der Waals surface area contributed by atoms with Gasteiger partial charge in [0.25, 0.3) is 0 Å². The highest BCUT2D eigenvalue weighted by Crippen LogP contribution is 2.38. The molecule has 0 spiro atoms. The lowest BCUT2D eigenvalue weighted by Gasteiger charge is -2.12. The zero-order valence-electron chi connectivity index (χ0n) is 16.7. The number of sulfonamides is 1. The fourth-order valence-electron chi connectivity index (χ4n) is 2.54. The standard InChI is InChI=1S/C20H24N2O6S/c1-5-21-29(24,25)16-9-7-15(8-10-16)22-19(23)11-6-14-12-17(26-2)20(28-4)18(13-14)27-3/h6-13,21H,5H2,1-4H3,(H,22,23). The molecule has 156 valence electrons. The maximum absolute atomic E-state index is 12.2. The van der Waals surface area contributed by atoms with Gasteiger partial charge < -0.3 is 19.5 Å². The SMILES string of the molecule is CCNS(=O)(=O)c1ccc(NC(=O)C=Cc2cc(OC)c(OC)c(OC)c2)cc1. The molecule has 2 rings (SSSR count). The first-order chi connectivity index (χ1) is 13.8. The number of anilines is 1. The molecule has 0 saturated heterocycles. The molecule has 0 aromatic heterocycles. The minimum atomic E-state index is -3.53. The topological polar surface area (TPSA) is 103 Å². The average molecular weight is 420 g/mol. The number of carbonyl (C=O) groups excluding carboxylic acids is 1. The Hall–Kier alpha value is -3.04. The molecule has 0 bridgehead atoms. The lowest BCUT2D eigenvalue weighted by molar-refractivity contribution is -0.111. The van der Waals surface area contributed by atoms with Gasteiger partial charge in [0.15, 0.2) is 11.5 Å². The Kier molecular flexibility index (Phi) is 7.63. The van der Waals surface area contributed by atoms with Crippen molar-refractivity contribution in [3.63, 3.8) is 0 Å². The molecule has 8 nitrogen and oxygen atoms in total. The van der Waals surface area contributed by atoms with E-state index < -0.39 is 10.0 Å². The highest BCUT2D eigenvalue weighted by molar-refractivity contribution is 7.89. The van der Waals surface area contributed by atoms with Crippen LogP contribution in [0.1, 0.15) is 12.5 Å². The second-order valence-electron chi connectivity index (χ2n) is 5.81. The first kappa shape index (κ1) is 22.3. The normalized spacial score (nSPS) is 11.3. The van der Waals surface area contributed by atoms with Crippen LogP contribution >= 0.6 is 0 Å². The number of amides is 1. The van der Waals surface area contributed by atoms with Crippen LogP contribution in [0.15, 0.2) is 47.4 Å². The van der Waals surface area contributed by atoms with Crippen LogP contribution in [0.3, 0.4) is 0 Å². The van der Waals surface area contributed by atoms with E-state index in [0.717, 1.165) is 0 Å². The molecule has 0 saturated carbocycles. The van der Waals surface area contributed by atoms with Crippen molar-refractivity contribution >= 4 is 27.7 Å². The van der Waals surface area contributed by atoms with Crippen molar-refractivity contribution in [1.29, 1.82) is 0 Å². The Balaban J connectivity index is 2.12. The fraction of sp³-hybridized carbons (Fsp3) is 0.250. The number of rotatable bonds is 9. The van der Waals surface area contributed by atoms with E-state index in [9.17, 15) is 13.2 Å². The van der Waals surface area contributed by atoms with Crippen LogP contribution in [0.4, 0.5) is 5.69 Å². The number of carbonyl (C=O) groups is 1. The molecule has 0 atom stereocenters. The van der Waals surface area contributed by atoms with Crippen molar-refractivity contribution < 1.29 is 27.4 Å². The van der Waals surface area contributed by atoms with Gasteiger partial charge in [0.05, 0.1) is 26.2 Å². The second-order valence-corrected chi connectivity index (χ2v) is 7.57. The molecule has 0 aliphatic rings. The molecular weight excluding hydrogens is 396 g/mol. The van der Waals surface area contributed by atoms with Crippen LogP contribution in [0, 0.1) is 0 Å². The zero-order valence-corrected chi connectivity index (χ0v) is 17.5. The molecule has 2 aromatic rings. The summed E-state index contributed by atoms with van der Waals surface area (Å²) in [6.45, 7) is 2.00. The van der Waals surface area contributed by atoms with Crippen molar-refractivity contribution in [2.24, 2.45) is 0 Å². The number of benzene rings is 2. The first-order valence-electron chi connectivity index (χ1n) is 8.73. The van der Waals surface area contributed by atoms with E-state index in [1.54, 1.807) is 25.1 Å². The van der Waals surface area contributed by atoms with Gasteiger partial charge in [-0.15, -0.1) is 0 Å². The van der Waals surface area contributed by atoms with Crippen LogP contribution < -0.4 is 24.2 Å². The van der Waals surface area contributed by atoms with Gasteiger partial charge in [-0.3, -0.25) is 4.79 Å². The van der Waals surface area contributed by atoms with E-state index in [2.05, 4.69) is 10.0 Å². The zero-order chi connectivity index (χ0) is 21.4. The molecule has 29 heavy (non-hydrogen) atoms. The third-order valence-electron chi connectivity index (χ3n) is 3.88. The number of hydrogen-bond donors (Lipinski definition) is 2. The van der Waals surface area contributed by atoms with Gasteiger partial charge in [0.2, 0.25) is 21.7 Å². The summed E-state index contributed by atoms with van der Waals surface area (Å²) in [7, 11) is 1.00. The highest BCUT2D eigenvalue weighted by atomic mass is 32.2. The van der Waals surface area contributed by atoms with Crippen LogP contribution in [0.2, 0.25) is 0 Å². The maximum Gasteiger partial charge on any atom is 0.248 e. The molecule has 2 N–H and O–H groups in total. The summed E-state index contributed by atoms with van der Waals surface area (Å²) >= 11 is 0. The van der Waals surface area contributed by atoms with Crippen molar-refractivity contribution in [2.75, 3.05) is 33.2 Å². The van der Waals surface area contributed by atoms with Crippen molar-refractivity contribution in [3.8, 4) is 17.2 Å². The lowest BCUT2D eigenvalue weighted by atomic mass is 10.1. The molecule has 0 radical (unpaired) electrons. The number of hydrogen-bond acceptors (Lipinski definition) is 6. The first-order valence-corrected chi connectivity index (χ1v) is 10.2. The molecular formula is C20H24N2O6S. The molecule has 0 aliphatic heterocycles. The molecule has 9 heteroatoms. The summed E-state index contributed by atoms with van der Waals surface area (Å²) in [5.41, 5.74) is 1.15. The Labute approximate surface area is 170 Å². The van der Waals surface area contributed by atoms with Crippen LogP contribution in [-0.4, -0.2) is 42.2 Å². The van der Waals surface area contributed by atoms with E-state index in [1.807, 2.05) is 0 Å². The monoisotopic (exact) mass is 420 g/mol. The van der Waals surface area contributed by atoms with Gasteiger partial charge in [-0.2, -0.15) is 0 Å². The van der Waals surface area contributed by atoms with E-state index in [-0.39, 0.29) is 10.8 Å². The van der Waals surface area contributed by atoms with Crippen molar-refractivity contribution in [2.45, 2.75) is 11.8 Å². The molecule has 0 unspecified atom stereocenters. The average Bonchev–Trinajstić information content (AvgIpc) is 2.71. The number of nitrogens with one attached hydrogen (secondary N) is 2. The van der Waals surface area contributed by atoms with E-state index in [4.69, 9.17) is 14.2 Å². The predicted molar refractivity (Wildman–Crippen MR) is 111 cm³/mol. The summed E-state index contributed by atoms with van der Waals surface area (Å²) in [6, 6.07) is 9.33. The maximum atomic E-state index is 12.2. The largest absolute Gasteiger partial charge is 0.493 e. The molecule has 0 aliphatic carbocycles. The third-order valence-corrected chi connectivity index (χ3v) is 5.44. The summed E-state index contributed by atoms with van der Waals surface area (Å²) in [5, 5.41) is 2.67. The molecule has 0 fully saturated rings. The van der Waals surface area contributed by atoms with Gasteiger partial charge in [0.1, 0.15) is 0 Å². The van der Waals surface area contributed by atoms with E-state index in [1.165, 1.54) is 51.7 Å². The van der Waals surface area contributed by atoms with Gasteiger partial charge in [0, 0.05) is 18.3 Å². The van der Waals surface area contributed by atoms with Gasteiger partial charge >= 0.3 is 0 Å². The second kappa shape index (κ2) is 9.94. The predicted octanol–water partition coefficient (Wildman–Crippen LogP) is 2.66. The quantitative estimate of drug-likeness (QED) is 0.605. The Bertz CT molecular complexity index is 960. The smallest absolute Gasteiger partial charge is 0.248 e. The molecule has 0 heterocycles. The summed E-state index contributed by atoms with van der Waals surface area (Å²) in [4.78, 5) is 12.3. The summed E-state index contributed by atoms with van der Waals surface area (Å²) < 4.78 is 42.1. The third kappa shape index (κ3) is 5.72. The van der Waals surface area contributed by atoms with Gasteiger partial charge in [-0.25, -0.2) is 13.1 Å². The Morgan fingerprint density at radius 2 is 1.59 bits per heavy atom. The summed E-state index contributed by atoms with van der Waals surface area (Å²) in [6.07, 6.45) is 2.95.